The molecule has 0 bridgehead atoms. The number of hydrogen-bond donors (Lipinski definition) is 3. The molecule has 0 aliphatic heterocycles. The van der Waals surface area contributed by atoms with Gasteiger partial charge in [-0.25, -0.2) is 4.79 Å². The molecule has 0 unspecified atom stereocenters. The molecule has 1 rings (SSSR count). The van der Waals surface area contributed by atoms with Crippen molar-refractivity contribution in [1.29, 1.82) is 0 Å². The van der Waals surface area contributed by atoms with Crippen LogP contribution >= 0.6 is 15.9 Å². The van der Waals surface area contributed by atoms with Gasteiger partial charge in [-0.1, -0.05) is 6.07 Å². The van der Waals surface area contributed by atoms with Gasteiger partial charge < -0.3 is 15.5 Å². The molecule has 3 N–H and O–H groups in total. The molecular formula is C12H14BrNO4. The monoisotopic (exact) mass is 315 g/mol. The summed E-state index contributed by atoms with van der Waals surface area (Å²) >= 11 is 3.24. The molecule has 0 aliphatic carbocycles. The van der Waals surface area contributed by atoms with Gasteiger partial charge in [0.25, 0.3) is 5.91 Å². The molecule has 5 nitrogen and oxygen atoms in total. The van der Waals surface area contributed by atoms with Crippen LogP contribution in [0.25, 0.3) is 0 Å². The number of aryl methyl sites for hydroxylation is 1. The SMILES string of the molecule is Cc1ccc(C(=O)N[C@H](C(=O)O)[C@@H](C)O)c(Br)c1. The minimum atomic E-state index is -1.33. The van der Waals surface area contributed by atoms with Gasteiger partial charge in [-0.15, -0.1) is 0 Å². The Morgan fingerprint density at radius 2 is 2.00 bits per heavy atom. The molecule has 0 heterocycles. The maximum atomic E-state index is 11.9. The molecule has 0 saturated carbocycles. The van der Waals surface area contributed by atoms with Crippen LogP contribution in [-0.4, -0.2) is 34.2 Å². The number of nitrogens with one attached hydrogen (secondary N) is 1. The number of aliphatic carboxylic acids is 1. The highest BCUT2D eigenvalue weighted by molar-refractivity contribution is 9.10. The number of carboxylic acids is 1. The highest BCUT2D eigenvalue weighted by atomic mass is 79.9. The first-order chi connectivity index (χ1) is 8.32. The third kappa shape index (κ3) is 3.54. The Balaban J connectivity index is 2.91. The third-order valence-corrected chi connectivity index (χ3v) is 3.06. The Hall–Kier alpha value is -1.40. The summed E-state index contributed by atoms with van der Waals surface area (Å²) in [5.41, 5.74) is 1.30. The van der Waals surface area contributed by atoms with E-state index in [0.717, 1.165) is 5.56 Å². The molecule has 0 spiro atoms. The maximum absolute atomic E-state index is 11.9. The van der Waals surface area contributed by atoms with E-state index in [1.165, 1.54) is 6.92 Å². The minimum absolute atomic E-state index is 0.326. The predicted octanol–water partition coefficient (Wildman–Crippen LogP) is 1.32. The minimum Gasteiger partial charge on any atom is -0.480 e. The second kappa shape index (κ2) is 5.97. The first kappa shape index (κ1) is 14.7. The highest BCUT2D eigenvalue weighted by Crippen LogP contribution is 2.18. The number of hydrogen-bond acceptors (Lipinski definition) is 3. The van der Waals surface area contributed by atoms with Crippen molar-refractivity contribution in [3.05, 3.63) is 33.8 Å². The molecule has 6 heteroatoms. The van der Waals surface area contributed by atoms with Crippen LogP contribution in [0.2, 0.25) is 0 Å². The molecule has 0 aliphatic rings. The first-order valence-electron chi connectivity index (χ1n) is 5.31. The average Bonchev–Trinajstić information content (AvgIpc) is 2.24. The molecule has 0 radical (unpaired) electrons. The van der Waals surface area contributed by atoms with Crippen LogP contribution in [0.5, 0.6) is 0 Å². The highest BCUT2D eigenvalue weighted by Gasteiger charge is 2.26. The zero-order chi connectivity index (χ0) is 13.9. The fourth-order valence-corrected chi connectivity index (χ4v) is 2.09. The van der Waals surface area contributed by atoms with Crippen LogP contribution in [0.4, 0.5) is 0 Å². The summed E-state index contributed by atoms with van der Waals surface area (Å²) in [5, 5.41) is 20.4. The summed E-state index contributed by atoms with van der Waals surface area (Å²) in [5.74, 6) is -1.82. The summed E-state index contributed by atoms with van der Waals surface area (Å²) in [6.45, 7) is 3.19. The van der Waals surface area contributed by atoms with Crippen LogP contribution < -0.4 is 5.32 Å². The van der Waals surface area contributed by atoms with Gasteiger partial charge in [0.05, 0.1) is 11.7 Å². The topological polar surface area (TPSA) is 86.6 Å². The number of benzene rings is 1. The van der Waals surface area contributed by atoms with Crippen molar-refractivity contribution in [3.8, 4) is 0 Å². The van der Waals surface area contributed by atoms with E-state index in [0.29, 0.717) is 10.0 Å². The van der Waals surface area contributed by atoms with E-state index >= 15 is 0 Å². The van der Waals surface area contributed by atoms with E-state index < -0.39 is 24.0 Å². The lowest BCUT2D eigenvalue weighted by molar-refractivity contribution is -0.141. The van der Waals surface area contributed by atoms with E-state index in [1.54, 1.807) is 18.2 Å². The number of carbonyl (C=O) groups is 2. The van der Waals surface area contributed by atoms with E-state index in [9.17, 15) is 14.7 Å². The molecule has 0 saturated heterocycles. The smallest absolute Gasteiger partial charge is 0.328 e. The van der Waals surface area contributed by atoms with Gasteiger partial charge in [-0.3, -0.25) is 4.79 Å². The first-order valence-corrected chi connectivity index (χ1v) is 6.10. The molecule has 2 atom stereocenters. The van der Waals surface area contributed by atoms with Crippen molar-refractivity contribution < 1.29 is 19.8 Å². The molecule has 1 aromatic rings. The van der Waals surface area contributed by atoms with Crippen LogP contribution in [0.3, 0.4) is 0 Å². The van der Waals surface area contributed by atoms with Crippen LogP contribution in [0, 0.1) is 6.92 Å². The molecule has 0 aromatic heterocycles. The molecule has 18 heavy (non-hydrogen) atoms. The normalized spacial score (nSPS) is 13.8. The largest absolute Gasteiger partial charge is 0.480 e. The fraction of sp³-hybridized carbons (Fsp3) is 0.333. The van der Waals surface area contributed by atoms with Crippen LogP contribution in [0.15, 0.2) is 22.7 Å². The molecule has 1 amide bonds. The number of aliphatic hydroxyl groups excluding tert-OH is 1. The van der Waals surface area contributed by atoms with Gasteiger partial charge in [-0.05, 0) is 47.5 Å². The van der Waals surface area contributed by atoms with Crippen molar-refractivity contribution >= 4 is 27.8 Å². The van der Waals surface area contributed by atoms with E-state index in [-0.39, 0.29) is 0 Å². The summed E-state index contributed by atoms with van der Waals surface area (Å²) in [6, 6.07) is 3.77. The van der Waals surface area contributed by atoms with Crippen LogP contribution in [-0.2, 0) is 4.79 Å². The van der Waals surface area contributed by atoms with Gasteiger partial charge in [0.15, 0.2) is 6.04 Å². The molecule has 0 fully saturated rings. The molecule has 1 aromatic carbocycles. The third-order valence-electron chi connectivity index (χ3n) is 2.40. The number of halogens is 1. The number of carbonyl (C=O) groups excluding carboxylic acids is 1. The van der Waals surface area contributed by atoms with Crippen LogP contribution in [0.1, 0.15) is 22.8 Å². The van der Waals surface area contributed by atoms with Crippen molar-refractivity contribution in [3.63, 3.8) is 0 Å². The zero-order valence-corrected chi connectivity index (χ0v) is 11.6. The Morgan fingerprint density at radius 3 is 2.44 bits per heavy atom. The van der Waals surface area contributed by atoms with E-state index in [1.807, 2.05) is 6.92 Å². The van der Waals surface area contributed by atoms with Gasteiger partial charge in [-0.2, -0.15) is 0 Å². The van der Waals surface area contributed by atoms with Gasteiger partial charge in [0, 0.05) is 4.47 Å². The molecular weight excluding hydrogens is 302 g/mol. The van der Waals surface area contributed by atoms with Crippen molar-refractivity contribution in [1.82, 2.24) is 5.32 Å². The zero-order valence-electron chi connectivity index (χ0n) is 9.98. The number of amides is 1. The quantitative estimate of drug-likeness (QED) is 0.782. The summed E-state index contributed by atoms with van der Waals surface area (Å²) in [7, 11) is 0. The summed E-state index contributed by atoms with van der Waals surface area (Å²) < 4.78 is 0.578. The van der Waals surface area contributed by atoms with Crippen molar-refractivity contribution in [2.75, 3.05) is 0 Å². The average molecular weight is 316 g/mol. The Kier molecular flexibility index (Phi) is 4.86. The van der Waals surface area contributed by atoms with E-state index in [4.69, 9.17) is 5.11 Å². The number of rotatable bonds is 4. The van der Waals surface area contributed by atoms with Gasteiger partial charge >= 0.3 is 5.97 Å². The Labute approximate surface area is 113 Å². The van der Waals surface area contributed by atoms with E-state index in [2.05, 4.69) is 21.2 Å². The lowest BCUT2D eigenvalue weighted by Crippen LogP contribution is -2.47. The molecule has 98 valence electrons. The number of aliphatic hydroxyl groups is 1. The maximum Gasteiger partial charge on any atom is 0.328 e. The Morgan fingerprint density at radius 1 is 1.39 bits per heavy atom. The second-order valence-electron chi connectivity index (χ2n) is 4.01. The Bertz CT molecular complexity index is 473. The van der Waals surface area contributed by atoms with Gasteiger partial charge in [0.1, 0.15) is 0 Å². The number of carboxylic acid groups (broad SMARTS) is 1. The van der Waals surface area contributed by atoms with Crippen molar-refractivity contribution in [2.45, 2.75) is 26.0 Å². The summed E-state index contributed by atoms with van der Waals surface area (Å²) in [4.78, 5) is 22.7. The summed E-state index contributed by atoms with van der Waals surface area (Å²) in [6.07, 6.45) is -1.17. The van der Waals surface area contributed by atoms with Crippen molar-refractivity contribution in [2.24, 2.45) is 0 Å². The fourth-order valence-electron chi connectivity index (χ4n) is 1.41. The lowest BCUT2D eigenvalue weighted by Gasteiger charge is -2.17. The van der Waals surface area contributed by atoms with Gasteiger partial charge in [0.2, 0.25) is 0 Å². The lowest BCUT2D eigenvalue weighted by atomic mass is 10.1. The standard InChI is InChI=1S/C12H14BrNO4/c1-6-3-4-8(9(13)5-6)11(16)14-10(7(2)15)12(17)18/h3-5,7,10,15H,1-2H3,(H,14,16)(H,17,18)/t7-,10+/m1/s1. The second-order valence-corrected chi connectivity index (χ2v) is 4.87. The predicted molar refractivity (Wildman–Crippen MR) is 69.4 cm³/mol.